The first-order chi connectivity index (χ1) is 8.97. The zero-order valence-corrected chi connectivity index (χ0v) is 13.8. The summed E-state index contributed by atoms with van der Waals surface area (Å²) in [6, 6.07) is 3.52. The molecule has 0 bridgehead atoms. The lowest BCUT2D eigenvalue weighted by Gasteiger charge is -2.21. The smallest absolute Gasteiger partial charge is 0.0302 e. The summed E-state index contributed by atoms with van der Waals surface area (Å²) < 4.78 is 0. The lowest BCUT2D eigenvalue weighted by Crippen LogP contribution is -2.31. The number of hydrogen-bond acceptors (Lipinski definition) is 3. The Bertz CT molecular complexity index is 411. The highest BCUT2D eigenvalue weighted by Crippen LogP contribution is 2.26. The number of nitrogens with zero attached hydrogens (tertiary/aromatic N) is 1. The molecule has 1 aromatic heterocycles. The Labute approximate surface area is 122 Å². The van der Waals surface area contributed by atoms with Crippen LogP contribution in [-0.2, 0) is 0 Å². The standard InChI is InChI=1S/C16H28N2S/c1-11(2)18-7-6-15(10-18)9-17-13(4)16-8-12(3)19-14(16)5/h8,11,13,15,17H,6-7,9-10H2,1-5H3. The third-order valence-corrected chi connectivity index (χ3v) is 5.29. The molecule has 2 atom stereocenters. The van der Waals surface area contributed by atoms with Gasteiger partial charge in [-0.1, -0.05) is 0 Å². The second kappa shape index (κ2) is 6.38. The molecule has 1 aromatic rings. The molecule has 0 aliphatic carbocycles. The van der Waals surface area contributed by atoms with Crippen LogP contribution in [0.25, 0.3) is 0 Å². The van der Waals surface area contributed by atoms with E-state index < -0.39 is 0 Å². The van der Waals surface area contributed by atoms with Gasteiger partial charge in [-0.15, -0.1) is 11.3 Å². The SMILES string of the molecule is Cc1cc(C(C)NCC2CCN(C(C)C)C2)c(C)s1. The van der Waals surface area contributed by atoms with E-state index in [9.17, 15) is 0 Å². The highest BCUT2D eigenvalue weighted by Gasteiger charge is 2.24. The minimum absolute atomic E-state index is 0.484. The summed E-state index contributed by atoms with van der Waals surface area (Å²) in [6.45, 7) is 15.0. The molecule has 0 amide bonds. The number of rotatable bonds is 5. The maximum absolute atomic E-state index is 3.73. The quantitative estimate of drug-likeness (QED) is 0.884. The summed E-state index contributed by atoms with van der Waals surface area (Å²) in [5.74, 6) is 0.824. The average molecular weight is 280 g/mol. The van der Waals surface area contributed by atoms with Crippen molar-refractivity contribution >= 4 is 11.3 Å². The fourth-order valence-corrected chi connectivity index (χ4v) is 4.05. The Hall–Kier alpha value is -0.380. The van der Waals surface area contributed by atoms with Crippen LogP contribution in [0.1, 0.15) is 48.6 Å². The topological polar surface area (TPSA) is 15.3 Å². The third-order valence-electron chi connectivity index (χ3n) is 4.31. The van der Waals surface area contributed by atoms with Crippen LogP contribution in [0.5, 0.6) is 0 Å². The monoisotopic (exact) mass is 280 g/mol. The highest BCUT2D eigenvalue weighted by atomic mass is 32.1. The van der Waals surface area contributed by atoms with Crippen LogP contribution in [0.3, 0.4) is 0 Å². The summed E-state index contributed by atoms with van der Waals surface area (Å²) in [4.78, 5) is 5.48. The Morgan fingerprint density at radius 2 is 2.11 bits per heavy atom. The van der Waals surface area contributed by atoms with Gasteiger partial charge in [0.25, 0.3) is 0 Å². The van der Waals surface area contributed by atoms with E-state index in [0.29, 0.717) is 12.1 Å². The van der Waals surface area contributed by atoms with Gasteiger partial charge in [0.15, 0.2) is 0 Å². The zero-order valence-electron chi connectivity index (χ0n) is 13.0. The Balaban J connectivity index is 1.81. The maximum atomic E-state index is 3.73. The van der Waals surface area contributed by atoms with Gasteiger partial charge in [0.2, 0.25) is 0 Å². The molecule has 2 heterocycles. The minimum Gasteiger partial charge on any atom is -0.310 e. The van der Waals surface area contributed by atoms with Gasteiger partial charge >= 0.3 is 0 Å². The minimum atomic E-state index is 0.484. The van der Waals surface area contributed by atoms with Crippen LogP contribution >= 0.6 is 11.3 Å². The Morgan fingerprint density at radius 3 is 2.63 bits per heavy atom. The van der Waals surface area contributed by atoms with Gasteiger partial charge in [0.05, 0.1) is 0 Å². The van der Waals surface area contributed by atoms with Crippen LogP contribution in [-0.4, -0.2) is 30.6 Å². The molecule has 1 aliphatic rings. The third kappa shape index (κ3) is 3.80. The molecule has 1 saturated heterocycles. The second-order valence-electron chi connectivity index (χ2n) is 6.24. The van der Waals surface area contributed by atoms with Crippen LogP contribution in [0.4, 0.5) is 0 Å². The molecule has 0 radical (unpaired) electrons. The first kappa shape index (κ1) is 15.0. The van der Waals surface area contributed by atoms with Gasteiger partial charge in [-0.3, -0.25) is 0 Å². The highest BCUT2D eigenvalue weighted by molar-refractivity contribution is 7.12. The number of hydrogen-bond donors (Lipinski definition) is 1. The van der Waals surface area contributed by atoms with Crippen molar-refractivity contribution in [2.75, 3.05) is 19.6 Å². The van der Waals surface area contributed by atoms with E-state index in [0.717, 1.165) is 12.5 Å². The van der Waals surface area contributed by atoms with Crippen molar-refractivity contribution in [3.8, 4) is 0 Å². The molecule has 2 nitrogen and oxygen atoms in total. The molecule has 2 unspecified atom stereocenters. The fraction of sp³-hybridized carbons (Fsp3) is 0.750. The van der Waals surface area contributed by atoms with E-state index in [2.05, 4.69) is 50.9 Å². The lowest BCUT2D eigenvalue weighted by atomic mass is 10.1. The van der Waals surface area contributed by atoms with Crippen molar-refractivity contribution in [3.63, 3.8) is 0 Å². The molecular formula is C16H28N2S. The Morgan fingerprint density at radius 1 is 1.37 bits per heavy atom. The van der Waals surface area contributed by atoms with Gasteiger partial charge in [0, 0.05) is 28.4 Å². The van der Waals surface area contributed by atoms with Gasteiger partial charge in [-0.25, -0.2) is 0 Å². The van der Waals surface area contributed by atoms with E-state index >= 15 is 0 Å². The maximum Gasteiger partial charge on any atom is 0.0302 e. The zero-order chi connectivity index (χ0) is 14.0. The van der Waals surface area contributed by atoms with E-state index in [1.54, 1.807) is 0 Å². The predicted octanol–water partition coefficient (Wildman–Crippen LogP) is 3.75. The Kier molecular flexibility index (Phi) is 5.04. The first-order valence-corrected chi connectivity index (χ1v) is 8.33. The normalized spacial score (nSPS) is 22.3. The average Bonchev–Trinajstić information content (AvgIpc) is 2.93. The summed E-state index contributed by atoms with van der Waals surface area (Å²) in [5, 5.41) is 3.73. The molecule has 0 aromatic carbocycles. The van der Waals surface area contributed by atoms with Crippen molar-refractivity contribution in [3.05, 3.63) is 21.4 Å². The van der Waals surface area contributed by atoms with Gasteiger partial charge < -0.3 is 10.2 Å². The molecule has 3 heteroatoms. The van der Waals surface area contributed by atoms with Gasteiger partial charge in [-0.2, -0.15) is 0 Å². The molecule has 0 saturated carbocycles. The summed E-state index contributed by atoms with van der Waals surface area (Å²) >= 11 is 1.91. The summed E-state index contributed by atoms with van der Waals surface area (Å²) in [5.41, 5.74) is 1.49. The van der Waals surface area contributed by atoms with Crippen molar-refractivity contribution in [2.45, 2.75) is 53.1 Å². The van der Waals surface area contributed by atoms with Crippen LogP contribution in [0.2, 0.25) is 0 Å². The number of aryl methyl sites for hydroxylation is 2. The fourth-order valence-electron chi connectivity index (χ4n) is 3.03. The molecule has 19 heavy (non-hydrogen) atoms. The molecular weight excluding hydrogens is 252 g/mol. The van der Waals surface area contributed by atoms with Crippen LogP contribution in [0, 0.1) is 19.8 Å². The van der Waals surface area contributed by atoms with Crippen LogP contribution in [0.15, 0.2) is 6.07 Å². The van der Waals surface area contributed by atoms with Crippen molar-refractivity contribution in [2.24, 2.45) is 5.92 Å². The molecule has 1 aliphatic heterocycles. The van der Waals surface area contributed by atoms with E-state index in [4.69, 9.17) is 0 Å². The number of likely N-dealkylation sites (tertiary alicyclic amines) is 1. The van der Waals surface area contributed by atoms with E-state index in [-0.39, 0.29) is 0 Å². The number of thiophene rings is 1. The van der Waals surface area contributed by atoms with Gasteiger partial charge in [0.1, 0.15) is 0 Å². The molecule has 108 valence electrons. The van der Waals surface area contributed by atoms with Crippen molar-refractivity contribution < 1.29 is 0 Å². The van der Waals surface area contributed by atoms with Crippen LogP contribution < -0.4 is 5.32 Å². The molecule has 1 fully saturated rings. The first-order valence-electron chi connectivity index (χ1n) is 7.51. The lowest BCUT2D eigenvalue weighted by molar-refractivity contribution is 0.263. The second-order valence-corrected chi connectivity index (χ2v) is 7.70. The molecule has 2 rings (SSSR count). The molecule has 0 spiro atoms. The molecule has 1 N–H and O–H groups in total. The van der Waals surface area contributed by atoms with Gasteiger partial charge in [-0.05, 0) is 71.7 Å². The largest absolute Gasteiger partial charge is 0.310 e. The van der Waals surface area contributed by atoms with Crippen molar-refractivity contribution in [1.29, 1.82) is 0 Å². The summed E-state index contributed by atoms with van der Waals surface area (Å²) in [7, 11) is 0. The van der Waals surface area contributed by atoms with E-state index in [1.165, 1.54) is 34.8 Å². The number of nitrogens with one attached hydrogen (secondary N) is 1. The predicted molar refractivity (Wildman–Crippen MR) is 85.0 cm³/mol. The van der Waals surface area contributed by atoms with Crippen molar-refractivity contribution in [1.82, 2.24) is 10.2 Å². The van der Waals surface area contributed by atoms with E-state index in [1.807, 2.05) is 11.3 Å². The summed E-state index contributed by atoms with van der Waals surface area (Å²) in [6.07, 6.45) is 1.35.